The minimum atomic E-state index is 0.211. The standard InChI is InChI=1S/C12H24N4/c1-5-8-16-11(13-10-15-16)9-14-12(4,6-2)7-3/h10,14H,5-9H2,1-4H3. The minimum absolute atomic E-state index is 0.211. The topological polar surface area (TPSA) is 42.7 Å². The van der Waals surface area contributed by atoms with Crippen molar-refractivity contribution in [3.8, 4) is 0 Å². The quantitative estimate of drug-likeness (QED) is 0.773. The van der Waals surface area contributed by atoms with Gasteiger partial charge in [0.05, 0.1) is 6.54 Å². The highest BCUT2D eigenvalue weighted by Crippen LogP contribution is 2.14. The third-order valence-electron chi connectivity index (χ3n) is 3.37. The normalized spacial score (nSPS) is 12.0. The van der Waals surface area contributed by atoms with E-state index in [-0.39, 0.29) is 5.54 Å². The van der Waals surface area contributed by atoms with Gasteiger partial charge < -0.3 is 5.32 Å². The number of aryl methyl sites for hydroxylation is 1. The summed E-state index contributed by atoms with van der Waals surface area (Å²) in [6.07, 6.45) is 4.99. The Morgan fingerprint density at radius 2 is 2.00 bits per heavy atom. The van der Waals surface area contributed by atoms with Crippen LogP contribution in [0.4, 0.5) is 0 Å². The zero-order valence-corrected chi connectivity index (χ0v) is 11.0. The third kappa shape index (κ3) is 3.30. The molecule has 0 unspecified atom stereocenters. The van der Waals surface area contributed by atoms with Crippen molar-refractivity contribution < 1.29 is 0 Å². The van der Waals surface area contributed by atoms with Gasteiger partial charge in [0.1, 0.15) is 12.2 Å². The van der Waals surface area contributed by atoms with Crippen LogP contribution < -0.4 is 5.32 Å². The van der Waals surface area contributed by atoms with Crippen molar-refractivity contribution in [1.82, 2.24) is 20.1 Å². The van der Waals surface area contributed by atoms with Crippen LogP contribution in [0.5, 0.6) is 0 Å². The van der Waals surface area contributed by atoms with E-state index in [1.807, 2.05) is 4.68 Å². The van der Waals surface area contributed by atoms with Crippen molar-refractivity contribution in [2.24, 2.45) is 0 Å². The maximum Gasteiger partial charge on any atom is 0.140 e. The van der Waals surface area contributed by atoms with Gasteiger partial charge in [-0.15, -0.1) is 0 Å². The van der Waals surface area contributed by atoms with Crippen LogP contribution >= 0.6 is 0 Å². The molecule has 1 aromatic heterocycles. The lowest BCUT2D eigenvalue weighted by Crippen LogP contribution is -2.41. The average molecular weight is 224 g/mol. The summed E-state index contributed by atoms with van der Waals surface area (Å²) in [6, 6.07) is 0. The molecule has 0 aliphatic rings. The molecule has 0 aliphatic carbocycles. The van der Waals surface area contributed by atoms with Gasteiger partial charge in [0, 0.05) is 12.1 Å². The smallest absolute Gasteiger partial charge is 0.140 e. The summed E-state index contributed by atoms with van der Waals surface area (Å²) in [7, 11) is 0. The van der Waals surface area contributed by atoms with Gasteiger partial charge in [0.25, 0.3) is 0 Å². The first-order valence-corrected chi connectivity index (χ1v) is 6.27. The maximum absolute atomic E-state index is 4.30. The molecule has 1 heterocycles. The predicted molar refractivity (Wildman–Crippen MR) is 66.1 cm³/mol. The van der Waals surface area contributed by atoms with Crippen LogP contribution in [0.3, 0.4) is 0 Å². The Morgan fingerprint density at radius 3 is 2.56 bits per heavy atom. The molecule has 0 radical (unpaired) electrons. The number of aromatic nitrogens is 3. The van der Waals surface area contributed by atoms with Gasteiger partial charge in [-0.05, 0) is 26.2 Å². The van der Waals surface area contributed by atoms with E-state index in [4.69, 9.17) is 0 Å². The molecular formula is C12H24N4. The molecule has 0 amide bonds. The van der Waals surface area contributed by atoms with E-state index in [0.29, 0.717) is 0 Å². The van der Waals surface area contributed by atoms with Crippen molar-refractivity contribution in [1.29, 1.82) is 0 Å². The Kier molecular flexibility index (Phi) is 4.93. The lowest BCUT2D eigenvalue weighted by Gasteiger charge is -2.28. The van der Waals surface area contributed by atoms with E-state index in [2.05, 4.69) is 43.1 Å². The van der Waals surface area contributed by atoms with Gasteiger partial charge in [0.2, 0.25) is 0 Å². The Bertz CT molecular complexity index is 302. The molecule has 0 bridgehead atoms. The van der Waals surface area contributed by atoms with Crippen LogP contribution in [0.2, 0.25) is 0 Å². The van der Waals surface area contributed by atoms with Crippen LogP contribution in [-0.4, -0.2) is 20.3 Å². The van der Waals surface area contributed by atoms with E-state index < -0.39 is 0 Å². The second-order valence-electron chi connectivity index (χ2n) is 4.52. The van der Waals surface area contributed by atoms with E-state index in [1.165, 1.54) is 0 Å². The van der Waals surface area contributed by atoms with Gasteiger partial charge in [-0.25, -0.2) is 9.67 Å². The second kappa shape index (κ2) is 5.99. The van der Waals surface area contributed by atoms with Crippen molar-refractivity contribution in [2.45, 2.75) is 65.6 Å². The van der Waals surface area contributed by atoms with Crippen LogP contribution in [0.25, 0.3) is 0 Å². The van der Waals surface area contributed by atoms with Crippen LogP contribution in [0.1, 0.15) is 52.8 Å². The van der Waals surface area contributed by atoms with Crippen molar-refractivity contribution >= 4 is 0 Å². The predicted octanol–water partition coefficient (Wildman–Crippen LogP) is 2.36. The van der Waals surface area contributed by atoms with Crippen LogP contribution in [0.15, 0.2) is 6.33 Å². The van der Waals surface area contributed by atoms with Gasteiger partial charge in [0.15, 0.2) is 0 Å². The molecule has 1 rings (SSSR count). The molecule has 4 heteroatoms. The molecule has 0 atom stereocenters. The molecule has 0 saturated carbocycles. The largest absolute Gasteiger partial charge is 0.305 e. The Balaban J connectivity index is 2.56. The van der Waals surface area contributed by atoms with E-state index in [0.717, 1.165) is 38.2 Å². The van der Waals surface area contributed by atoms with Gasteiger partial charge >= 0.3 is 0 Å². The summed E-state index contributed by atoms with van der Waals surface area (Å²) in [5, 5.41) is 7.80. The minimum Gasteiger partial charge on any atom is -0.305 e. The zero-order chi connectivity index (χ0) is 12.0. The molecule has 0 aromatic carbocycles. The summed E-state index contributed by atoms with van der Waals surface area (Å²) in [4.78, 5) is 4.30. The summed E-state index contributed by atoms with van der Waals surface area (Å²) in [6.45, 7) is 10.6. The zero-order valence-electron chi connectivity index (χ0n) is 11.0. The summed E-state index contributed by atoms with van der Waals surface area (Å²) in [5.41, 5.74) is 0.211. The molecular weight excluding hydrogens is 200 g/mol. The summed E-state index contributed by atoms with van der Waals surface area (Å²) >= 11 is 0. The van der Waals surface area contributed by atoms with Gasteiger partial charge in [-0.2, -0.15) is 5.10 Å². The fourth-order valence-corrected chi connectivity index (χ4v) is 1.62. The molecule has 0 saturated heterocycles. The fourth-order valence-electron chi connectivity index (χ4n) is 1.62. The van der Waals surface area contributed by atoms with Crippen molar-refractivity contribution in [3.63, 3.8) is 0 Å². The van der Waals surface area contributed by atoms with E-state index in [9.17, 15) is 0 Å². The van der Waals surface area contributed by atoms with Crippen molar-refractivity contribution in [3.05, 3.63) is 12.2 Å². The van der Waals surface area contributed by atoms with Crippen LogP contribution in [0, 0.1) is 0 Å². The highest BCUT2D eigenvalue weighted by atomic mass is 15.3. The summed E-state index contributed by atoms with van der Waals surface area (Å²) < 4.78 is 1.98. The van der Waals surface area contributed by atoms with Gasteiger partial charge in [-0.3, -0.25) is 0 Å². The molecule has 4 nitrogen and oxygen atoms in total. The number of hydrogen-bond donors (Lipinski definition) is 1. The highest BCUT2D eigenvalue weighted by molar-refractivity contribution is 4.88. The first-order valence-electron chi connectivity index (χ1n) is 6.27. The summed E-state index contributed by atoms with van der Waals surface area (Å²) in [5.74, 6) is 1.04. The fraction of sp³-hybridized carbons (Fsp3) is 0.833. The highest BCUT2D eigenvalue weighted by Gasteiger charge is 2.19. The molecule has 1 aromatic rings. The monoisotopic (exact) mass is 224 g/mol. The molecule has 16 heavy (non-hydrogen) atoms. The Morgan fingerprint density at radius 1 is 1.31 bits per heavy atom. The van der Waals surface area contributed by atoms with Crippen LogP contribution in [-0.2, 0) is 13.1 Å². The average Bonchev–Trinajstić information content (AvgIpc) is 2.74. The van der Waals surface area contributed by atoms with E-state index in [1.54, 1.807) is 6.33 Å². The SMILES string of the molecule is CCCn1ncnc1CNC(C)(CC)CC. The first kappa shape index (κ1) is 13.2. The van der Waals surface area contributed by atoms with Gasteiger partial charge in [-0.1, -0.05) is 20.8 Å². The molecule has 92 valence electrons. The molecule has 1 N–H and O–H groups in total. The Labute approximate surface area is 98.5 Å². The molecule has 0 spiro atoms. The first-order chi connectivity index (χ1) is 7.65. The second-order valence-corrected chi connectivity index (χ2v) is 4.52. The number of hydrogen-bond acceptors (Lipinski definition) is 3. The lowest BCUT2D eigenvalue weighted by atomic mass is 9.96. The number of rotatable bonds is 7. The lowest BCUT2D eigenvalue weighted by molar-refractivity contribution is 0.321. The maximum atomic E-state index is 4.30. The molecule has 0 fully saturated rings. The number of nitrogens with one attached hydrogen (secondary N) is 1. The molecule has 0 aliphatic heterocycles. The number of nitrogens with zero attached hydrogens (tertiary/aromatic N) is 3. The van der Waals surface area contributed by atoms with E-state index >= 15 is 0 Å². The van der Waals surface area contributed by atoms with Crippen molar-refractivity contribution in [2.75, 3.05) is 0 Å². The Hall–Kier alpha value is -0.900. The third-order valence-corrected chi connectivity index (χ3v) is 3.37.